The maximum Gasteiger partial charge on any atom is 0.251 e. The van der Waals surface area contributed by atoms with Gasteiger partial charge in [-0.2, -0.15) is 0 Å². The fourth-order valence-corrected chi connectivity index (χ4v) is 3.03. The number of primary amides is 2. The second kappa shape index (κ2) is 12.0. The van der Waals surface area contributed by atoms with Crippen LogP contribution in [0.15, 0.2) is 60.7 Å². The van der Waals surface area contributed by atoms with Crippen LogP contribution in [0.2, 0.25) is 0 Å². The molecule has 32 heavy (non-hydrogen) atoms. The average Bonchev–Trinajstić information content (AvgIpc) is 2.77. The molecule has 0 aliphatic rings. The lowest BCUT2D eigenvalue weighted by atomic mass is 9.98. The van der Waals surface area contributed by atoms with E-state index in [0.717, 1.165) is 5.56 Å². The van der Waals surface area contributed by atoms with Gasteiger partial charge >= 0.3 is 0 Å². The van der Waals surface area contributed by atoms with Crippen LogP contribution in [0.1, 0.15) is 35.2 Å². The van der Waals surface area contributed by atoms with E-state index < -0.39 is 42.1 Å². The van der Waals surface area contributed by atoms with Gasteiger partial charge in [0.15, 0.2) is 5.78 Å². The highest BCUT2D eigenvalue weighted by Gasteiger charge is 2.24. The number of carbonyl (C=O) groups excluding carboxylic acids is 5. The molecule has 6 N–H and O–H groups in total. The van der Waals surface area contributed by atoms with Crippen molar-refractivity contribution in [2.24, 2.45) is 11.5 Å². The predicted octanol–water partition coefficient (Wildman–Crippen LogP) is 0.223. The standard InChI is InChI=1S/C23H26N4O5/c24-20(29)14-18(22(25)31)26-21(30)12-11-19(28)17(13-15-7-3-1-4-8-15)27-23(32)16-9-5-2-6-10-16/h1-10,17-18H,11-14H2,(H2,24,29)(H2,25,31)(H,26,30)(H,27,32)/t17-,18-/m0/s1. The molecule has 9 nitrogen and oxygen atoms in total. The van der Waals surface area contributed by atoms with Gasteiger partial charge in [-0.25, -0.2) is 0 Å². The van der Waals surface area contributed by atoms with Gasteiger partial charge < -0.3 is 22.1 Å². The summed E-state index contributed by atoms with van der Waals surface area (Å²) in [7, 11) is 0. The van der Waals surface area contributed by atoms with Crippen LogP contribution in [0.25, 0.3) is 0 Å². The first-order valence-corrected chi connectivity index (χ1v) is 10.1. The molecule has 168 valence electrons. The number of hydrogen-bond donors (Lipinski definition) is 4. The van der Waals surface area contributed by atoms with Gasteiger partial charge in [0.05, 0.1) is 12.5 Å². The molecule has 0 saturated carbocycles. The predicted molar refractivity (Wildman–Crippen MR) is 117 cm³/mol. The van der Waals surface area contributed by atoms with Crippen molar-refractivity contribution >= 4 is 29.4 Å². The second-order valence-electron chi connectivity index (χ2n) is 7.24. The van der Waals surface area contributed by atoms with Gasteiger partial charge in [-0.1, -0.05) is 48.5 Å². The molecule has 2 aromatic carbocycles. The van der Waals surface area contributed by atoms with E-state index in [9.17, 15) is 24.0 Å². The van der Waals surface area contributed by atoms with Crippen LogP contribution in [-0.4, -0.2) is 41.5 Å². The zero-order valence-electron chi connectivity index (χ0n) is 17.5. The van der Waals surface area contributed by atoms with Gasteiger partial charge in [-0.05, 0) is 24.1 Å². The number of amides is 4. The van der Waals surface area contributed by atoms with Gasteiger partial charge in [0.2, 0.25) is 17.7 Å². The maximum absolute atomic E-state index is 12.9. The normalized spacial score (nSPS) is 12.2. The first-order valence-electron chi connectivity index (χ1n) is 10.1. The van der Waals surface area contributed by atoms with Gasteiger partial charge in [-0.3, -0.25) is 24.0 Å². The van der Waals surface area contributed by atoms with Crippen molar-refractivity contribution in [3.8, 4) is 0 Å². The zero-order valence-corrected chi connectivity index (χ0v) is 17.5. The van der Waals surface area contributed by atoms with Crippen LogP contribution in [0.3, 0.4) is 0 Å². The third-order valence-electron chi connectivity index (χ3n) is 4.70. The summed E-state index contributed by atoms with van der Waals surface area (Å²) in [6, 6.07) is 15.6. The fourth-order valence-electron chi connectivity index (χ4n) is 3.03. The molecule has 4 amide bonds. The number of ketones is 1. The van der Waals surface area contributed by atoms with Crippen LogP contribution in [-0.2, 0) is 25.6 Å². The first-order chi connectivity index (χ1) is 15.3. The van der Waals surface area contributed by atoms with Crippen molar-refractivity contribution in [2.45, 2.75) is 37.8 Å². The van der Waals surface area contributed by atoms with E-state index in [1.165, 1.54) is 0 Å². The topological polar surface area (TPSA) is 161 Å². The number of rotatable bonds is 12. The van der Waals surface area contributed by atoms with E-state index in [4.69, 9.17) is 11.5 Å². The number of benzene rings is 2. The SMILES string of the molecule is NC(=O)C[C@H](NC(=O)CCC(=O)[C@H](Cc1ccccc1)NC(=O)c1ccccc1)C(N)=O. The summed E-state index contributed by atoms with van der Waals surface area (Å²) < 4.78 is 0. The lowest BCUT2D eigenvalue weighted by Gasteiger charge is -2.19. The monoisotopic (exact) mass is 438 g/mol. The molecule has 0 fully saturated rings. The number of Topliss-reactive ketones (excluding diaryl/α,β-unsaturated/α-hetero) is 1. The Morgan fingerprint density at radius 2 is 1.34 bits per heavy atom. The first kappa shape index (κ1) is 24.3. The van der Waals surface area contributed by atoms with Crippen LogP contribution >= 0.6 is 0 Å². The molecule has 0 bridgehead atoms. The number of carbonyl (C=O) groups is 5. The molecule has 0 radical (unpaired) electrons. The smallest absolute Gasteiger partial charge is 0.251 e. The minimum absolute atomic E-state index is 0.180. The van der Waals surface area contributed by atoms with Crippen LogP contribution in [0.5, 0.6) is 0 Å². The molecule has 0 aromatic heterocycles. The molecule has 2 rings (SSSR count). The second-order valence-corrected chi connectivity index (χ2v) is 7.24. The van der Waals surface area contributed by atoms with E-state index in [1.807, 2.05) is 30.3 Å². The Labute approximate surface area is 185 Å². The van der Waals surface area contributed by atoms with Gasteiger partial charge in [0.1, 0.15) is 6.04 Å². The molecule has 0 aliphatic carbocycles. The summed E-state index contributed by atoms with van der Waals surface area (Å²) in [5.41, 5.74) is 11.5. The summed E-state index contributed by atoms with van der Waals surface area (Å²) in [6.07, 6.45) is -0.599. The van der Waals surface area contributed by atoms with Crippen molar-refractivity contribution in [3.05, 3.63) is 71.8 Å². The summed E-state index contributed by atoms with van der Waals surface area (Å²) in [4.78, 5) is 60.0. The van der Waals surface area contributed by atoms with Crippen molar-refractivity contribution in [3.63, 3.8) is 0 Å². The minimum atomic E-state index is -1.24. The molecule has 0 aliphatic heterocycles. The van der Waals surface area contributed by atoms with E-state index in [-0.39, 0.29) is 25.0 Å². The quantitative estimate of drug-likeness (QED) is 0.372. The molecular formula is C23H26N4O5. The Bertz CT molecular complexity index is 963. The van der Waals surface area contributed by atoms with E-state index >= 15 is 0 Å². The van der Waals surface area contributed by atoms with Gasteiger partial charge in [-0.15, -0.1) is 0 Å². The Hall–Kier alpha value is -4.01. The molecule has 0 spiro atoms. The summed E-state index contributed by atoms with van der Waals surface area (Å²) in [5.74, 6) is -3.08. The lowest BCUT2D eigenvalue weighted by molar-refractivity contribution is -0.130. The fraction of sp³-hybridized carbons (Fsp3) is 0.261. The molecule has 2 atom stereocenters. The van der Waals surface area contributed by atoms with Crippen molar-refractivity contribution in [1.82, 2.24) is 10.6 Å². The largest absolute Gasteiger partial charge is 0.370 e. The molecule has 2 aromatic rings. The highest BCUT2D eigenvalue weighted by Crippen LogP contribution is 2.09. The minimum Gasteiger partial charge on any atom is -0.370 e. The van der Waals surface area contributed by atoms with Crippen LogP contribution < -0.4 is 22.1 Å². The van der Waals surface area contributed by atoms with Crippen molar-refractivity contribution in [2.75, 3.05) is 0 Å². The maximum atomic E-state index is 12.9. The number of nitrogens with two attached hydrogens (primary N) is 2. The van der Waals surface area contributed by atoms with Gasteiger partial charge in [0.25, 0.3) is 5.91 Å². The Morgan fingerprint density at radius 3 is 1.91 bits per heavy atom. The van der Waals surface area contributed by atoms with E-state index in [0.29, 0.717) is 5.56 Å². The highest BCUT2D eigenvalue weighted by molar-refractivity contribution is 5.99. The summed E-state index contributed by atoms with van der Waals surface area (Å²) in [5, 5.41) is 5.04. The third-order valence-corrected chi connectivity index (χ3v) is 4.70. The van der Waals surface area contributed by atoms with Crippen LogP contribution in [0, 0.1) is 0 Å². The van der Waals surface area contributed by atoms with E-state index in [2.05, 4.69) is 10.6 Å². The molecule has 9 heteroatoms. The number of hydrogen-bond acceptors (Lipinski definition) is 5. The van der Waals surface area contributed by atoms with Gasteiger partial charge in [0, 0.05) is 18.4 Å². The summed E-state index contributed by atoms with van der Waals surface area (Å²) >= 11 is 0. The average molecular weight is 438 g/mol. The number of nitrogens with one attached hydrogen (secondary N) is 2. The van der Waals surface area contributed by atoms with Crippen molar-refractivity contribution in [1.29, 1.82) is 0 Å². The third kappa shape index (κ3) is 8.02. The zero-order chi connectivity index (χ0) is 23.5. The van der Waals surface area contributed by atoms with E-state index in [1.54, 1.807) is 30.3 Å². The Kier molecular flexibility index (Phi) is 9.09. The summed E-state index contributed by atoms with van der Waals surface area (Å²) in [6.45, 7) is 0. The van der Waals surface area contributed by atoms with Crippen molar-refractivity contribution < 1.29 is 24.0 Å². The molecular weight excluding hydrogens is 412 g/mol. The van der Waals surface area contributed by atoms with Crippen LogP contribution in [0.4, 0.5) is 0 Å². The highest BCUT2D eigenvalue weighted by atomic mass is 16.2. The molecule has 0 unspecified atom stereocenters. The molecule has 0 saturated heterocycles. The Morgan fingerprint density at radius 1 is 0.750 bits per heavy atom. The molecule has 0 heterocycles. The Balaban J connectivity index is 2.03. The lowest BCUT2D eigenvalue weighted by Crippen LogP contribution is -2.47.